The van der Waals surface area contributed by atoms with Crippen molar-refractivity contribution in [3.05, 3.63) is 29.3 Å². The van der Waals surface area contributed by atoms with E-state index in [4.69, 9.17) is 11.6 Å². The maximum Gasteiger partial charge on any atom is 0.411 e. The Balaban J connectivity index is 1.54. The Labute approximate surface area is 162 Å². The fourth-order valence-electron chi connectivity index (χ4n) is 2.83. The number of ether oxygens (including phenoxy) is 1. The molecule has 1 amide bonds. The molecule has 5 nitrogen and oxygen atoms in total. The van der Waals surface area contributed by atoms with E-state index >= 15 is 0 Å². The zero-order valence-electron chi connectivity index (χ0n) is 15.1. The predicted octanol–water partition coefficient (Wildman–Crippen LogP) is 3.26. The molecule has 1 aromatic carbocycles. The molecule has 1 aliphatic heterocycles. The van der Waals surface area contributed by atoms with Gasteiger partial charge in [0.25, 0.3) is 0 Å². The van der Waals surface area contributed by atoms with Crippen molar-refractivity contribution in [3.8, 4) is 0 Å². The summed E-state index contributed by atoms with van der Waals surface area (Å²) >= 11 is 5.81. The molecular weight excluding hydrogens is 383 g/mol. The van der Waals surface area contributed by atoms with Crippen molar-refractivity contribution in [3.63, 3.8) is 0 Å². The zero-order valence-corrected chi connectivity index (χ0v) is 15.9. The quantitative estimate of drug-likeness (QED) is 0.638. The van der Waals surface area contributed by atoms with Crippen molar-refractivity contribution in [1.82, 2.24) is 9.80 Å². The van der Waals surface area contributed by atoms with Crippen LogP contribution in [0, 0.1) is 0 Å². The first-order valence-electron chi connectivity index (χ1n) is 8.96. The van der Waals surface area contributed by atoms with Crippen molar-refractivity contribution >= 4 is 23.2 Å². The zero-order chi connectivity index (χ0) is 19.7. The van der Waals surface area contributed by atoms with Gasteiger partial charge in [0.15, 0.2) is 0 Å². The highest BCUT2D eigenvalue weighted by Crippen LogP contribution is 2.15. The van der Waals surface area contributed by atoms with Crippen LogP contribution < -0.4 is 5.32 Å². The van der Waals surface area contributed by atoms with Gasteiger partial charge in [-0.3, -0.25) is 4.79 Å². The molecule has 1 heterocycles. The third-order valence-electron chi connectivity index (χ3n) is 4.28. The lowest BCUT2D eigenvalue weighted by atomic mass is 10.2. The van der Waals surface area contributed by atoms with Gasteiger partial charge in [0.2, 0.25) is 5.91 Å². The minimum atomic E-state index is -4.26. The molecule has 0 aromatic heterocycles. The van der Waals surface area contributed by atoms with Gasteiger partial charge in [-0.25, -0.2) is 0 Å². The third kappa shape index (κ3) is 9.41. The molecule has 0 spiro atoms. The molecule has 152 valence electrons. The van der Waals surface area contributed by atoms with Gasteiger partial charge in [-0.2, -0.15) is 13.2 Å². The molecule has 0 radical (unpaired) electrons. The molecule has 0 saturated carbocycles. The summed E-state index contributed by atoms with van der Waals surface area (Å²) in [5.74, 6) is -0.0402. The van der Waals surface area contributed by atoms with E-state index in [1.54, 1.807) is 24.3 Å². The maximum absolute atomic E-state index is 12.0. The second-order valence-corrected chi connectivity index (χ2v) is 6.95. The average Bonchev–Trinajstić information content (AvgIpc) is 2.62. The molecule has 1 N–H and O–H groups in total. The first-order chi connectivity index (χ1) is 12.8. The molecule has 1 aliphatic rings. The monoisotopic (exact) mass is 407 g/mol. The van der Waals surface area contributed by atoms with E-state index in [9.17, 15) is 18.0 Å². The van der Waals surface area contributed by atoms with Crippen molar-refractivity contribution < 1.29 is 22.7 Å². The topological polar surface area (TPSA) is 44.8 Å². The van der Waals surface area contributed by atoms with Crippen molar-refractivity contribution in [1.29, 1.82) is 0 Å². The van der Waals surface area contributed by atoms with Crippen molar-refractivity contribution in [2.45, 2.75) is 19.0 Å². The standard InChI is InChI=1S/C18H25ClF3N3O2/c19-15-2-4-16(5-3-15)23-17(26)6-8-25-11-9-24(10-12-25)7-1-13-27-14-18(20,21)22/h2-5H,1,6-14H2,(H,23,26). The number of amides is 1. The van der Waals surface area contributed by atoms with Gasteiger partial charge in [0.1, 0.15) is 6.61 Å². The highest BCUT2D eigenvalue weighted by atomic mass is 35.5. The minimum Gasteiger partial charge on any atom is -0.372 e. The second kappa shape index (κ2) is 10.8. The minimum absolute atomic E-state index is 0.0402. The van der Waals surface area contributed by atoms with E-state index in [1.165, 1.54) is 0 Å². The smallest absolute Gasteiger partial charge is 0.372 e. The number of hydrogen-bond acceptors (Lipinski definition) is 4. The first-order valence-corrected chi connectivity index (χ1v) is 9.34. The molecular formula is C18H25ClF3N3O2. The van der Waals surface area contributed by atoms with Gasteiger partial charge in [-0.15, -0.1) is 0 Å². The van der Waals surface area contributed by atoms with Crippen LogP contribution in [0.3, 0.4) is 0 Å². The number of benzene rings is 1. The van der Waals surface area contributed by atoms with Crippen LogP contribution in [0.2, 0.25) is 5.02 Å². The van der Waals surface area contributed by atoms with Crippen LogP contribution in [0.25, 0.3) is 0 Å². The summed E-state index contributed by atoms with van der Waals surface area (Å²) in [4.78, 5) is 16.4. The van der Waals surface area contributed by atoms with Crippen LogP contribution in [-0.4, -0.2) is 74.4 Å². The summed E-state index contributed by atoms with van der Waals surface area (Å²) in [6.07, 6.45) is -3.26. The molecule has 2 rings (SSSR count). The van der Waals surface area contributed by atoms with E-state index in [0.717, 1.165) is 38.4 Å². The number of nitrogens with one attached hydrogen (secondary N) is 1. The molecule has 0 bridgehead atoms. The van der Waals surface area contributed by atoms with E-state index in [1.807, 2.05) is 0 Å². The Morgan fingerprint density at radius 2 is 1.67 bits per heavy atom. The largest absolute Gasteiger partial charge is 0.411 e. The molecule has 1 aromatic rings. The van der Waals surface area contributed by atoms with Gasteiger partial charge in [-0.1, -0.05) is 11.6 Å². The van der Waals surface area contributed by atoms with Crippen LogP contribution in [0.1, 0.15) is 12.8 Å². The van der Waals surface area contributed by atoms with E-state index in [-0.39, 0.29) is 12.5 Å². The summed E-state index contributed by atoms with van der Waals surface area (Å²) in [5.41, 5.74) is 0.724. The fourth-order valence-corrected chi connectivity index (χ4v) is 2.96. The molecule has 1 fully saturated rings. The highest BCUT2D eigenvalue weighted by Gasteiger charge is 2.27. The number of piperazine rings is 1. The number of anilines is 1. The maximum atomic E-state index is 12.0. The Morgan fingerprint density at radius 1 is 1.07 bits per heavy atom. The van der Waals surface area contributed by atoms with Crippen LogP contribution in [0.15, 0.2) is 24.3 Å². The summed E-state index contributed by atoms with van der Waals surface area (Å²) in [7, 11) is 0. The first kappa shape index (κ1) is 21.9. The van der Waals surface area contributed by atoms with Crippen molar-refractivity contribution in [2.24, 2.45) is 0 Å². The summed E-state index contributed by atoms with van der Waals surface area (Å²) in [6, 6.07) is 6.98. The lowest BCUT2D eigenvalue weighted by Crippen LogP contribution is -2.47. The van der Waals surface area contributed by atoms with Crippen LogP contribution >= 0.6 is 11.6 Å². The summed E-state index contributed by atoms with van der Waals surface area (Å²) < 4.78 is 40.5. The molecule has 27 heavy (non-hydrogen) atoms. The van der Waals surface area contributed by atoms with Gasteiger partial charge >= 0.3 is 6.18 Å². The molecule has 0 aliphatic carbocycles. The van der Waals surface area contributed by atoms with Gasteiger partial charge in [-0.05, 0) is 30.7 Å². The number of hydrogen-bond donors (Lipinski definition) is 1. The number of alkyl halides is 3. The Bertz CT molecular complexity index is 576. The Morgan fingerprint density at radius 3 is 2.26 bits per heavy atom. The van der Waals surface area contributed by atoms with E-state index < -0.39 is 12.8 Å². The number of rotatable bonds is 9. The number of halogens is 4. The van der Waals surface area contributed by atoms with E-state index in [0.29, 0.717) is 24.4 Å². The second-order valence-electron chi connectivity index (χ2n) is 6.51. The highest BCUT2D eigenvalue weighted by molar-refractivity contribution is 6.30. The van der Waals surface area contributed by atoms with Crippen LogP contribution in [-0.2, 0) is 9.53 Å². The SMILES string of the molecule is O=C(CCN1CCN(CCCOCC(F)(F)F)CC1)Nc1ccc(Cl)cc1. The van der Waals surface area contributed by atoms with Crippen LogP contribution in [0.5, 0.6) is 0 Å². The molecule has 0 unspecified atom stereocenters. The van der Waals surface area contributed by atoms with Gasteiger partial charge < -0.3 is 19.9 Å². The number of nitrogens with zero attached hydrogens (tertiary/aromatic N) is 2. The molecule has 0 atom stereocenters. The Hall–Kier alpha value is -1.35. The number of carbonyl (C=O) groups excluding carboxylic acids is 1. The lowest BCUT2D eigenvalue weighted by molar-refractivity contribution is -0.174. The molecule has 1 saturated heterocycles. The molecule has 9 heteroatoms. The fraction of sp³-hybridized carbons (Fsp3) is 0.611. The summed E-state index contributed by atoms with van der Waals surface area (Å²) in [5, 5.41) is 3.46. The lowest BCUT2D eigenvalue weighted by Gasteiger charge is -2.34. The average molecular weight is 408 g/mol. The summed E-state index contributed by atoms with van der Waals surface area (Å²) in [6.45, 7) is 3.72. The van der Waals surface area contributed by atoms with Crippen LogP contribution in [0.4, 0.5) is 18.9 Å². The van der Waals surface area contributed by atoms with Gasteiger partial charge in [0, 0.05) is 63.0 Å². The van der Waals surface area contributed by atoms with E-state index in [2.05, 4.69) is 19.9 Å². The Kier molecular flexibility index (Phi) is 8.82. The van der Waals surface area contributed by atoms with Gasteiger partial charge in [0.05, 0.1) is 0 Å². The van der Waals surface area contributed by atoms with Crippen molar-refractivity contribution in [2.75, 3.05) is 57.8 Å². The predicted molar refractivity (Wildman–Crippen MR) is 99.1 cm³/mol. The third-order valence-corrected chi connectivity index (χ3v) is 4.53. The number of carbonyl (C=O) groups is 1. The normalized spacial score (nSPS) is 16.4.